The van der Waals surface area contributed by atoms with Gasteiger partial charge in [-0.3, -0.25) is 9.59 Å². The van der Waals surface area contributed by atoms with Crippen LogP contribution in [0.2, 0.25) is 0 Å². The summed E-state index contributed by atoms with van der Waals surface area (Å²) in [6.07, 6.45) is 0.828. The number of nitrogens with two attached hydrogens (primary N) is 1. The Hall–Kier alpha value is -3.06. The second-order valence-corrected chi connectivity index (χ2v) is 7.26. The summed E-state index contributed by atoms with van der Waals surface area (Å²) in [5.74, 6) is 0.330. The molecule has 7 nitrogen and oxygen atoms in total. The van der Waals surface area contributed by atoms with Crippen LogP contribution in [-0.2, 0) is 11.2 Å². The van der Waals surface area contributed by atoms with Crippen molar-refractivity contribution in [1.82, 2.24) is 9.80 Å². The van der Waals surface area contributed by atoms with Crippen molar-refractivity contribution in [2.75, 3.05) is 51.4 Å². The van der Waals surface area contributed by atoms with E-state index in [4.69, 9.17) is 10.5 Å². The summed E-state index contributed by atoms with van der Waals surface area (Å²) < 4.78 is 5.36. The molecular formula is C22H28N4O3. The number of hydrogen-bond acceptors (Lipinski definition) is 5. The van der Waals surface area contributed by atoms with Crippen LogP contribution in [0.5, 0.6) is 5.75 Å². The molecule has 154 valence electrons. The molecule has 0 aromatic heterocycles. The van der Waals surface area contributed by atoms with E-state index in [0.717, 1.165) is 18.7 Å². The van der Waals surface area contributed by atoms with E-state index in [1.165, 1.54) is 7.11 Å². The first-order valence-corrected chi connectivity index (χ1v) is 9.77. The number of piperazine rings is 1. The van der Waals surface area contributed by atoms with Gasteiger partial charge in [0, 0.05) is 43.9 Å². The van der Waals surface area contributed by atoms with Gasteiger partial charge in [-0.1, -0.05) is 18.2 Å². The number of anilines is 2. The van der Waals surface area contributed by atoms with Crippen molar-refractivity contribution >= 4 is 23.2 Å². The van der Waals surface area contributed by atoms with Crippen molar-refractivity contribution in [2.45, 2.75) is 12.8 Å². The topological polar surface area (TPSA) is 87.9 Å². The number of ether oxygens (including phenoxy) is 1. The van der Waals surface area contributed by atoms with E-state index in [2.05, 4.69) is 10.2 Å². The van der Waals surface area contributed by atoms with Gasteiger partial charge in [0.05, 0.1) is 12.8 Å². The highest BCUT2D eigenvalue weighted by atomic mass is 16.5. The van der Waals surface area contributed by atoms with Crippen LogP contribution in [-0.4, -0.2) is 62.0 Å². The van der Waals surface area contributed by atoms with Crippen molar-refractivity contribution in [1.29, 1.82) is 0 Å². The van der Waals surface area contributed by atoms with Gasteiger partial charge in [-0.25, -0.2) is 0 Å². The number of amides is 2. The Morgan fingerprint density at radius 2 is 1.83 bits per heavy atom. The van der Waals surface area contributed by atoms with Crippen LogP contribution in [0, 0.1) is 0 Å². The minimum atomic E-state index is -0.157. The molecule has 1 heterocycles. The number of carbonyl (C=O) groups excluding carboxylic acids is 2. The van der Waals surface area contributed by atoms with Crippen molar-refractivity contribution < 1.29 is 14.3 Å². The van der Waals surface area contributed by atoms with E-state index in [1.54, 1.807) is 18.2 Å². The van der Waals surface area contributed by atoms with Gasteiger partial charge in [-0.15, -0.1) is 0 Å². The Labute approximate surface area is 171 Å². The van der Waals surface area contributed by atoms with E-state index in [9.17, 15) is 9.59 Å². The first kappa shape index (κ1) is 20.7. The fourth-order valence-electron chi connectivity index (χ4n) is 3.35. The first-order chi connectivity index (χ1) is 14.0. The summed E-state index contributed by atoms with van der Waals surface area (Å²) in [6.45, 7) is 3.10. The Morgan fingerprint density at radius 3 is 2.52 bits per heavy atom. The number of nitrogen functional groups attached to an aromatic ring is 1. The molecular weight excluding hydrogens is 368 g/mol. The number of aryl methyl sites for hydroxylation is 1. The average Bonchev–Trinajstić information content (AvgIpc) is 2.73. The fraction of sp³-hybridized carbons (Fsp3) is 0.364. The van der Waals surface area contributed by atoms with Crippen LogP contribution in [0.15, 0.2) is 42.5 Å². The number of para-hydroxylation sites is 1. The van der Waals surface area contributed by atoms with Crippen LogP contribution in [0.4, 0.5) is 11.4 Å². The molecule has 7 heteroatoms. The Morgan fingerprint density at radius 1 is 1.10 bits per heavy atom. The zero-order valence-electron chi connectivity index (χ0n) is 17.0. The molecule has 0 radical (unpaired) electrons. The van der Waals surface area contributed by atoms with Gasteiger partial charge in [0.15, 0.2) is 0 Å². The molecule has 3 N–H and O–H groups in total. The summed E-state index contributed by atoms with van der Waals surface area (Å²) in [7, 11) is 3.59. The minimum Gasteiger partial charge on any atom is -0.495 e. The van der Waals surface area contributed by atoms with Crippen LogP contribution < -0.4 is 15.8 Å². The SMILES string of the molecule is COc1ccc(C(=O)N2CCN(C)CC2)cc1NC(=O)CCc1ccccc1N. The quantitative estimate of drug-likeness (QED) is 0.731. The zero-order chi connectivity index (χ0) is 20.8. The lowest BCUT2D eigenvalue weighted by Gasteiger charge is -2.32. The van der Waals surface area contributed by atoms with Gasteiger partial charge in [0.25, 0.3) is 5.91 Å². The number of likely N-dealkylation sites (N-methyl/N-ethyl adjacent to an activating group) is 1. The van der Waals surface area contributed by atoms with Crippen LogP contribution in [0.1, 0.15) is 22.3 Å². The maximum absolute atomic E-state index is 12.8. The maximum Gasteiger partial charge on any atom is 0.254 e. The molecule has 29 heavy (non-hydrogen) atoms. The molecule has 0 saturated carbocycles. The summed E-state index contributed by atoms with van der Waals surface area (Å²) >= 11 is 0. The third-order valence-electron chi connectivity index (χ3n) is 5.19. The van der Waals surface area contributed by atoms with E-state index in [0.29, 0.717) is 42.2 Å². The summed E-state index contributed by atoms with van der Waals surface area (Å²) in [5, 5.41) is 2.87. The molecule has 3 rings (SSSR count). The number of nitrogens with one attached hydrogen (secondary N) is 1. The predicted octanol–water partition coefficient (Wildman–Crippen LogP) is 2.24. The second kappa shape index (κ2) is 9.43. The largest absolute Gasteiger partial charge is 0.495 e. The number of hydrogen-bond donors (Lipinski definition) is 2. The molecule has 1 saturated heterocycles. The summed E-state index contributed by atoms with van der Waals surface area (Å²) in [4.78, 5) is 29.3. The molecule has 0 atom stereocenters. The van der Waals surface area contributed by atoms with Gasteiger partial charge in [0.2, 0.25) is 5.91 Å². The Balaban J connectivity index is 1.67. The third kappa shape index (κ3) is 5.26. The first-order valence-electron chi connectivity index (χ1n) is 9.77. The highest BCUT2D eigenvalue weighted by Crippen LogP contribution is 2.27. The van der Waals surface area contributed by atoms with Crippen molar-refractivity contribution in [3.05, 3.63) is 53.6 Å². The Kier molecular flexibility index (Phi) is 6.72. The van der Waals surface area contributed by atoms with Crippen LogP contribution in [0.25, 0.3) is 0 Å². The fourth-order valence-corrected chi connectivity index (χ4v) is 3.35. The number of nitrogens with zero attached hydrogens (tertiary/aromatic N) is 2. The molecule has 0 bridgehead atoms. The van der Waals surface area contributed by atoms with Gasteiger partial charge >= 0.3 is 0 Å². The molecule has 1 aliphatic rings. The van der Waals surface area contributed by atoms with Crippen molar-refractivity contribution in [3.63, 3.8) is 0 Å². The van der Waals surface area contributed by atoms with E-state index in [1.807, 2.05) is 36.2 Å². The number of rotatable bonds is 6. The predicted molar refractivity (Wildman–Crippen MR) is 114 cm³/mol. The standard InChI is InChI=1S/C22H28N4O3/c1-25-11-13-26(14-12-25)22(28)17-7-9-20(29-2)19(15-17)24-21(27)10-8-16-5-3-4-6-18(16)23/h3-7,9,15H,8,10-14,23H2,1-2H3,(H,24,27). The highest BCUT2D eigenvalue weighted by Gasteiger charge is 2.21. The van der Waals surface area contributed by atoms with Crippen molar-refractivity contribution in [3.8, 4) is 5.75 Å². The molecule has 0 aliphatic carbocycles. The molecule has 2 amide bonds. The van der Waals surface area contributed by atoms with E-state index >= 15 is 0 Å². The number of carbonyl (C=O) groups is 2. The molecule has 0 spiro atoms. The average molecular weight is 396 g/mol. The van der Waals surface area contributed by atoms with E-state index in [-0.39, 0.29) is 18.2 Å². The molecule has 2 aromatic rings. The van der Waals surface area contributed by atoms with Crippen LogP contribution in [0.3, 0.4) is 0 Å². The maximum atomic E-state index is 12.8. The molecule has 1 fully saturated rings. The van der Waals surface area contributed by atoms with Crippen LogP contribution >= 0.6 is 0 Å². The van der Waals surface area contributed by atoms with Gasteiger partial charge in [-0.05, 0) is 43.3 Å². The molecule has 0 unspecified atom stereocenters. The zero-order valence-corrected chi connectivity index (χ0v) is 17.0. The number of benzene rings is 2. The Bertz CT molecular complexity index is 876. The van der Waals surface area contributed by atoms with E-state index < -0.39 is 0 Å². The number of methoxy groups -OCH3 is 1. The van der Waals surface area contributed by atoms with Gasteiger partial charge in [-0.2, -0.15) is 0 Å². The second-order valence-electron chi connectivity index (χ2n) is 7.26. The monoisotopic (exact) mass is 396 g/mol. The smallest absolute Gasteiger partial charge is 0.254 e. The lowest BCUT2D eigenvalue weighted by Crippen LogP contribution is -2.47. The summed E-state index contributed by atoms with van der Waals surface area (Å²) in [5.41, 5.74) is 8.60. The highest BCUT2D eigenvalue weighted by molar-refractivity contribution is 5.98. The molecule has 2 aromatic carbocycles. The normalized spacial score (nSPS) is 14.5. The lowest BCUT2D eigenvalue weighted by atomic mass is 10.1. The molecule has 1 aliphatic heterocycles. The van der Waals surface area contributed by atoms with Gasteiger partial charge < -0.3 is 25.6 Å². The third-order valence-corrected chi connectivity index (χ3v) is 5.19. The lowest BCUT2D eigenvalue weighted by molar-refractivity contribution is -0.116. The van der Waals surface area contributed by atoms with Gasteiger partial charge in [0.1, 0.15) is 5.75 Å². The van der Waals surface area contributed by atoms with Crippen molar-refractivity contribution in [2.24, 2.45) is 0 Å². The summed E-state index contributed by atoms with van der Waals surface area (Å²) in [6, 6.07) is 12.6. The minimum absolute atomic E-state index is 0.0340.